The molecule has 0 amide bonds. The van der Waals surface area contributed by atoms with Crippen LogP contribution in [0, 0.1) is 6.92 Å². The first-order valence-electron chi connectivity index (χ1n) is 5.22. The summed E-state index contributed by atoms with van der Waals surface area (Å²) in [6.45, 7) is 2.77. The van der Waals surface area contributed by atoms with Crippen molar-refractivity contribution < 1.29 is 4.74 Å². The molecule has 1 aliphatic rings. The van der Waals surface area contributed by atoms with Gasteiger partial charge in [0.25, 0.3) is 0 Å². The van der Waals surface area contributed by atoms with Crippen molar-refractivity contribution >= 4 is 0 Å². The van der Waals surface area contributed by atoms with Crippen molar-refractivity contribution in [2.45, 2.75) is 32.0 Å². The molecule has 2 atom stereocenters. The van der Waals surface area contributed by atoms with Gasteiger partial charge in [0.05, 0.1) is 12.2 Å². The van der Waals surface area contributed by atoms with Crippen molar-refractivity contribution in [1.29, 1.82) is 0 Å². The lowest BCUT2D eigenvalue weighted by molar-refractivity contribution is 0.0495. The highest BCUT2D eigenvalue weighted by Crippen LogP contribution is 2.33. The van der Waals surface area contributed by atoms with E-state index in [2.05, 4.69) is 31.2 Å². The molecule has 2 heteroatoms. The summed E-state index contributed by atoms with van der Waals surface area (Å²) in [6.07, 6.45) is 2.73. The fourth-order valence-electron chi connectivity index (χ4n) is 2.06. The number of aryl methyl sites for hydroxylation is 1. The molecule has 14 heavy (non-hydrogen) atoms. The summed E-state index contributed by atoms with van der Waals surface area (Å²) in [5.41, 5.74) is 8.22. The maximum Gasteiger partial charge on any atom is 0.0832 e. The molecule has 1 aliphatic heterocycles. The summed E-state index contributed by atoms with van der Waals surface area (Å²) in [4.78, 5) is 0. The van der Waals surface area contributed by atoms with Crippen LogP contribution in [0.3, 0.4) is 0 Å². The predicted molar refractivity (Wildman–Crippen MR) is 57.1 cm³/mol. The smallest absolute Gasteiger partial charge is 0.0832 e. The molecule has 2 rings (SSSR count). The zero-order valence-electron chi connectivity index (χ0n) is 8.57. The van der Waals surface area contributed by atoms with E-state index in [1.54, 1.807) is 0 Å². The van der Waals surface area contributed by atoms with Gasteiger partial charge in [0.15, 0.2) is 0 Å². The second kappa shape index (κ2) is 4.11. The van der Waals surface area contributed by atoms with Gasteiger partial charge in [-0.2, -0.15) is 0 Å². The molecular formula is C12H17NO. The van der Waals surface area contributed by atoms with E-state index < -0.39 is 0 Å². The minimum atomic E-state index is 0.264. The number of hydrogen-bond donors (Lipinski definition) is 1. The zero-order chi connectivity index (χ0) is 9.97. The van der Waals surface area contributed by atoms with Gasteiger partial charge in [-0.1, -0.05) is 24.3 Å². The van der Waals surface area contributed by atoms with E-state index in [4.69, 9.17) is 10.5 Å². The van der Waals surface area contributed by atoms with Gasteiger partial charge < -0.3 is 10.5 Å². The molecule has 0 aliphatic carbocycles. The summed E-state index contributed by atoms with van der Waals surface area (Å²) >= 11 is 0. The Hall–Kier alpha value is -0.860. The second-order valence-electron chi connectivity index (χ2n) is 3.92. The van der Waals surface area contributed by atoms with E-state index in [1.165, 1.54) is 11.1 Å². The highest BCUT2D eigenvalue weighted by molar-refractivity contribution is 5.28. The van der Waals surface area contributed by atoms with Gasteiger partial charge in [-0.3, -0.25) is 0 Å². The number of rotatable bonds is 2. The first-order valence-corrected chi connectivity index (χ1v) is 5.22. The third-order valence-electron chi connectivity index (χ3n) is 2.91. The molecule has 2 unspecified atom stereocenters. The molecule has 2 N–H and O–H groups in total. The molecule has 1 heterocycles. The molecule has 76 valence electrons. The molecule has 1 fully saturated rings. The van der Waals surface area contributed by atoms with Crippen LogP contribution in [-0.4, -0.2) is 12.6 Å². The van der Waals surface area contributed by atoms with E-state index in [0.29, 0.717) is 6.54 Å². The molecule has 0 saturated carbocycles. The molecule has 0 radical (unpaired) electrons. The van der Waals surface area contributed by atoms with Crippen molar-refractivity contribution in [2.24, 2.45) is 5.73 Å². The van der Waals surface area contributed by atoms with Gasteiger partial charge in [-0.15, -0.1) is 0 Å². The lowest BCUT2D eigenvalue weighted by Crippen LogP contribution is -2.18. The maximum absolute atomic E-state index is 5.85. The molecule has 0 spiro atoms. The quantitative estimate of drug-likeness (QED) is 0.777. The van der Waals surface area contributed by atoms with E-state index in [0.717, 1.165) is 12.8 Å². The van der Waals surface area contributed by atoms with Gasteiger partial charge in [-0.25, -0.2) is 0 Å². The monoisotopic (exact) mass is 191 g/mol. The highest BCUT2D eigenvalue weighted by atomic mass is 16.5. The number of hydrogen-bond acceptors (Lipinski definition) is 2. The lowest BCUT2D eigenvalue weighted by atomic mass is 10.0. The Bertz CT molecular complexity index is 311. The Labute approximate surface area is 85.1 Å². The normalized spacial score (nSPS) is 26.7. The topological polar surface area (TPSA) is 35.2 Å². The number of benzene rings is 1. The van der Waals surface area contributed by atoms with Crippen LogP contribution in [0.4, 0.5) is 0 Å². The Kier molecular flexibility index (Phi) is 2.85. The van der Waals surface area contributed by atoms with Crippen molar-refractivity contribution in [3.63, 3.8) is 0 Å². The van der Waals surface area contributed by atoms with Crippen molar-refractivity contribution in [1.82, 2.24) is 0 Å². The van der Waals surface area contributed by atoms with Crippen molar-refractivity contribution in [3.8, 4) is 0 Å². The molecule has 2 nitrogen and oxygen atoms in total. The molecule has 1 saturated heterocycles. The van der Waals surface area contributed by atoms with Crippen LogP contribution in [0.2, 0.25) is 0 Å². The first-order chi connectivity index (χ1) is 6.81. The summed E-state index contributed by atoms with van der Waals surface area (Å²) in [7, 11) is 0. The van der Waals surface area contributed by atoms with Crippen LogP contribution >= 0.6 is 0 Å². The van der Waals surface area contributed by atoms with E-state index in [9.17, 15) is 0 Å². The Balaban J connectivity index is 2.13. The highest BCUT2D eigenvalue weighted by Gasteiger charge is 2.25. The lowest BCUT2D eigenvalue weighted by Gasteiger charge is -2.14. The predicted octanol–water partition coefficient (Wildman–Crippen LogP) is 2.17. The van der Waals surface area contributed by atoms with Crippen LogP contribution in [0.15, 0.2) is 24.3 Å². The van der Waals surface area contributed by atoms with Crippen LogP contribution in [0.5, 0.6) is 0 Å². The third kappa shape index (κ3) is 1.81. The SMILES string of the molecule is Cc1ccccc1C1CCC(CN)O1. The molecule has 0 aromatic heterocycles. The average Bonchev–Trinajstić information content (AvgIpc) is 2.67. The first kappa shape index (κ1) is 9.69. The molecule has 0 bridgehead atoms. The van der Waals surface area contributed by atoms with E-state index in [1.807, 2.05) is 0 Å². The maximum atomic E-state index is 5.85. The summed E-state index contributed by atoms with van der Waals surface area (Å²) in [5.74, 6) is 0. The van der Waals surface area contributed by atoms with Gasteiger partial charge in [-0.05, 0) is 30.9 Å². The van der Waals surface area contributed by atoms with Gasteiger partial charge in [0, 0.05) is 6.54 Å². The zero-order valence-corrected chi connectivity index (χ0v) is 8.57. The Morgan fingerprint density at radius 2 is 2.14 bits per heavy atom. The standard InChI is InChI=1S/C12H17NO/c1-9-4-2-3-5-11(9)12-7-6-10(8-13)14-12/h2-5,10,12H,6-8,13H2,1H3. The van der Waals surface area contributed by atoms with Crippen LogP contribution in [-0.2, 0) is 4.74 Å². The second-order valence-corrected chi connectivity index (χ2v) is 3.92. The van der Waals surface area contributed by atoms with Crippen molar-refractivity contribution in [2.75, 3.05) is 6.54 Å². The van der Waals surface area contributed by atoms with Crippen LogP contribution in [0.1, 0.15) is 30.1 Å². The van der Waals surface area contributed by atoms with E-state index >= 15 is 0 Å². The molecule has 1 aromatic rings. The fraction of sp³-hybridized carbons (Fsp3) is 0.500. The Morgan fingerprint density at radius 3 is 2.79 bits per heavy atom. The summed E-state index contributed by atoms with van der Waals surface area (Å²) in [5, 5.41) is 0. The fourth-order valence-corrected chi connectivity index (χ4v) is 2.06. The number of nitrogens with two attached hydrogens (primary N) is 1. The third-order valence-corrected chi connectivity index (χ3v) is 2.91. The minimum Gasteiger partial charge on any atom is -0.369 e. The summed E-state index contributed by atoms with van der Waals surface area (Å²) < 4.78 is 5.85. The van der Waals surface area contributed by atoms with Crippen molar-refractivity contribution in [3.05, 3.63) is 35.4 Å². The largest absolute Gasteiger partial charge is 0.369 e. The van der Waals surface area contributed by atoms with Crippen LogP contribution < -0.4 is 5.73 Å². The van der Waals surface area contributed by atoms with Crippen LogP contribution in [0.25, 0.3) is 0 Å². The van der Waals surface area contributed by atoms with E-state index in [-0.39, 0.29) is 12.2 Å². The minimum absolute atomic E-state index is 0.264. The molecular weight excluding hydrogens is 174 g/mol. The molecule has 1 aromatic carbocycles. The number of ether oxygens (including phenoxy) is 1. The van der Waals surface area contributed by atoms with Gasteiger partial charge in [0.1, 0.15) is 0 Å². The summed E-state index contributed by atoms with van der Waals surface area (Å²) in [6, 6.07) is 8.42. The van der Waals surface area contributed by atoms with Gasteiger partial charge in [0.2, 0.25) is 0 Å². The van der Waals surface area contributed by atoms with Gasteiger partial charge >= 0.3 is 0 Å². The Morgan fingerprint density at radius 1 is 1.36 bits per heavy atom. The average molecular weight is 191 g/mol.